The minimum absolute atomic E-state index is 0.00519. The second kappa shape index (κ2) is 6.20. The van der Waals surface area contributed by atoms with E-state index in [1.807, 2.05) is 6.92 Å². The van der Waals surface area contributed by atoms with E-state index in [2.05, 4.69) is 23.5 Å². The van der Waals surface area contributed by atoms with Crippen molar-refractivity contribution in [1.82, 2.24) is 5.32 Å². The molecule has 0 bridgehead atoms. The number of amides is 1. The molecule has 21 heavy (non-hydrogen) atoms. The molecule has 2 nitrogen and oxygen atoms in total. The van der Waals surface area contributed by atoms with Gasteiger partial charge in [0.2, 0.25) is 0 Å². The smallest absolute Gasteiger partial charge is 0.261 e. The van der Waals surface area contributed by atoms with Crippen LogP contribution in [0.1, 0.15) is 52.2 Å². The average Bonchev–Trinajstić information content (AvgIpc) is 2.93. The van der Waals surface area contributed by atoms with Gasteiger partial charge in [0.05, 0.1) is 15.3 Å². The molecule has 110 valence electrons. The van der Waals surface area contributed by atoms with Gasteiger partial charge in [-0.3, -0.25) is 4.79 Å². The number of nitrogens with one attached hydrogen (secondary N) is 1. The van der Waals surface area contributed by atoms with Gasteiger partial charge >= 0.3 is 0 Å². The van der Waals surface area contributed by atoms with E-state index in [0.29, 0.717) is 9.21 Å². The van der Waals surface area contributed by atoms with Crippen molar-refractivity contribution in [2.75, 3.05) is 0 Å². The highest BCUT2D eigenvalue weighted by Gasteiger charge is 2.15. The molecule has 1 aliphatic rings. The lowest BCUT2D eigenvalue weighted by Crippen LogP contribution is -2.26. The number of rotatable bonds is 3. The fourth-order valence-electron chi connectivity index (χ4n) is 2.81. The predicted octanol–water partition coefficient (Wildman–Crippen LogP) is 4.77. The number of hydrogen-bond acceptors (Lipinski definition) is 2. The first-order chi connectivity index (χ1) is 10.1. The van der Waals surface area contributed by atoms with Gasteiger partial charge in [-0.2, -0.15) is 0 Å². The first-order valence-electron chi connectivity index (χ1n) is 7.31. The highest BCUT2D eigenvalue weighted by atomic mass is 35.5. The molecule has 1 N–H and O–H groups in total. The quantitative estimate of drug-likeness (QED) is 0.867. The van der Waals surface area contributed by atoms with Crippen LogP contribution >= 0.6 is 22.9 Å². The molecule has 3 rings (SSSR count). The van der Waals surface area contributed by atoms with E-state index in [9.17, 15) is 4.79 Å². The van der Waals surface area contributed by atoms with E-state index in [1.54, 1.807) is 12.1 Å². The first-order valence-corrected chi connectivity index (χ1v) is 8.51. The van der Waals surface area contributed by atoms with Gasteiger partial charge in [-0.25, -0.2) is 0 Å². The van der Waals surface area contributed by atoms with Gasteiger partial charge in [0.15, 0.2) is 0 Å². The third-order valence-corrected chi connectivity index (χ3v) is 5.25. The summed E-state index contributed by atoms with van der Waals surface area (Å²) in [6, 6.07) is 10.1. The Balaban J connectivity index is 1.73. The highest BCUT2D eigenvalue weighted by molar-refractivity contribution is 7.17. The van der Waals surface area contributed by atoms with Crippen molar-refractivity contribution < 1.29 is 4.79 Å². The third kappa shape index (κ3) is 3.30. The van der Waals surface area contributed by atoms with Crippen LogP contribution in [0.15, 0.2) is 30.3 Å². The lowest BCUT2D eigenvalue weighted by Gasteiger charge is -2.19. The summed E-state index contributed by atoms with van der Waals surface area (Å²) in [5.41, 5.74) is 4.08. The molecule has 1 atom stereocenters. The molecule has 1 heterocycles. The van der Waals surface area contributed by atoms with Gasteiger partial charge in [0, 0.05) is 0 Å². The minimum Gasteiger partial charge on any atom is -0.345 e. The lowest BCUT2D eigenvalue weighted by molar-refractivity contribution is 0.0944. The Hall–Kier alpha value is -1.32. The Kier molecular flexibility index (Phi) is 4.32. The van der Waals surface area contributed by atoms with Crippen LogP contribution in [-0.4, -0.2) is 5.91 Å². The number of carbonyl (C=O) groups is 1. The van der Waals surface area contributed by atoms with E-state index in [0.717, 1.165) is 6.42 Å². The van der Waals surface area contributed by atoms with E-state index >= 15 is 0 Å². The number of thiophene rings is 1. The summed E-state index contributed by atoms with van der Waals surface area (Å²) < 4.78 is 0.640. The van der Waals surface area contributed by atoms with Crippen LogP contribution in [0.5, 0.6) is 0 Å². The van der Waals surface area contributed by atoms with Crippen LogP contribution in [0, 0.1) is 0 Å². The van der Waals surface area contributed by atoms with Crippen molar-refractivity contribution >= 4 is 28.8 Å². The number of carbonyl (C=O) groups excluding carboxylic acids is 1. The third-order valence-electron chi connectivity index (χ3n) is 4.02. The van der Waals surface area contributed by atoms with E-state index in [-0.39, 0.29) is 11.9 Å². The summed E-state index contributed by atoms with van der Waals surface area (Å²) in [5, 5.41) is 3.05. The zero-order chi connectivity index (χ0) is 14.8. The van der Waals surface area contributed by atoms with Gasteiger partial charge in [-0.05, 0) is 61.4 Å². The van der Waals surface area contributed by atoms with E-state index in [1.165, 1.54) is 47.3 Å². The molecule has 2 aromatic rings. The van der Waals surface area contributed by atoms with Crippen LogP contribution in [-0.2, 0) is 12.8 Å². The molecule has 0 spiro atoms. The van der Waals surface area contributed by atoms with Crippen LogP contribution < -0.4 is 5.32 Å². The summed E-state index contributed by atoms with van der Waals surface area (Å²) in [7, 11) is 0. The SMILES string of the molecule is CC(NC(=O)c1ccc(Cl)s1)c1ccc2c(c1)CCCC2. The van der Waals surface area contributed by atoms with E-state index < -0.39 is 0 Å². The zero-order valence-corrected chi connectivity index (χ0v) is 13.6. The summed E-state index contributed by atoms with van der Waals surface area (Å²) in [6.07, 6.45) is 4.90. The van der Waals surface area contributed by atoms with Crippen molar-refractivity contribution in [3.05, 3.63) is 56.2 Å². The van der Waals surface area contributed by atoms with Gasteiger partial charge < -0.3 is 5.32 Å². The number of benzene rings is 1. The molecule has 0 fully saturated rings. The van der Waals surface area contributed by atoms with Crippen molar-refractivity contribution in [2.24, 2.45) is 0 Å². The summed E-state index contributed by atoms with van der Waals surface area (Å²) >= 11 is 7.19. The second-order valence-corrected chi connectivity index (χ2v) is 7.25. The Morgan fingerprint density at radius 1 is 1.19 bits per heavy atom. The van der Waals surface area contributed by atoms with Gasteiger partial charge in [-0.1, -0.05) is 29.8 Å². The van der Waals surface area contributed by atoms with Gasteiger partial charge in [0.25, 0.3) is 5.91 Å². The predicted molar refractivity (Wildman–Crippen MR) is 88.3 cm³/mol. The van der Waals surface area contributed by atoms with Crippen molar-refractivity contribution in [1.29, 1.82) is 0 Å². The molecule has 0 saturated heterocycles. The standard InChI is InChI=1S/C17H18ClNOS/c1-11(19-17(20)15-8-9-16(18)21-15)13-7-6-12-4-2-3-5-14(12)10-13/h6-11H,2-5H2,1H3,(H,19,20). The van der Waals surface area contributed by atoms with Crippen LogP contribution in [0.2, 0.25) is 4.34 Å². The van der Waals surface area contributed by atoms with Crippen LogP contribution in [0.3, 0.4) is 0 Å². The molecule has 0 aliphatic heterocycles. The van der Waals surface area contributed by atoms with Crippen LogP contribution in [0.4, 0.5) is 0 Å². The molecule has 1 aliphatic carbocycles. The fourth-order valence-corrected chi connectivity index (χ4v) is 3.76. The summed E-state index contributed by atoms with van der Waals surface area (Å²) in [5.74, 6) is -0.0582. The number of aryl methyl sites for hydroxylation is 2. The maximum Gasteiger partial charge on any atom is 0.261 e. The van der Waals surface area contributed by atoms with E-state index in [4.69, 9.17) is 11.6 Å². The van der Waals surface area contributed by atoms with Crippen molar-refractivity contribution in [3.8, 4) is 0 Å². The van der Waals surface area contributed by atoms with Crippen molar-refractivity contribution in [2.45, 2.75) is 38.6 Å². The monoisotopic (exact) mass is 319 g/mol. The number of hydrogen-bond donors (Lipinski definition) is 1. The Labute approximate surface area is 134 Å². The number of fused-ring (bicyclic) bond motifs is 1. The van der Waals surface area contributed by atoms with Gasteiger partial charge in [0.1, 0.15) is 0 Å². The molecule has 0 radical (unpaired) electrons. The Morgan fingerprint density at radius 2 is 1.95 bits per heavy atom. The molecule has 4 heteroatoms. The molecule has 1 unspecified atom stereocenters. The molecular formula is C17H18ClNOS. The average molecular weight is 320 g/mol. The maximum atomic E-state index is 12.2. The fraction of sp³-hybridized carbons (Fsp3) is 0.353. The maximum absolute atomic E-state index is 12.2. The van der Waals surface area contributed by atoms with Crippen molar-refractivity contribution in [3.63, 3.8) is 0 Å². The lowest BCUT2D eigenvalue weighted by atomic mass is 9.89. The molecule has 0 saturated carbocycles. The molecule has 1 aromatic carbocycles. The van der Waals surface area contributed by atoms with Gasteiger partial charge in [-0.15, -0.1) is 11.3 Å². The number of halogens is 1. The first kappa shape index (κ1) is 14.6. The Morgan fingerprint density at radius 3 is 2.67 bits per heavy atom. The Bertz CT molecular complexity index is 665. The molecule has 1 amide bonds. The zero-order valence-electron chi connectivity index (χ0n) is 12.0. The summed E-state index contributed by atoms with van der Waals surface area (Å²) in [4.78, 5) is 12.8. The topological polar surface area (TPSA) is 29.1 Å². The normalized spacial score (nSPS) is 15.3. The second-order valence-electron chi connectivity index (χ2n) is 5.53. The minimum atomic E-state index is -0.0582. The summed E-state index contributed by atoms with van der Waals surface area (Å²) in [6.45, 7) is 2.03. The van der Waals surface area contributed by atoms with Crippen LogP contribution in [0.25, 0.3) is 0 Å². The molecular weight excluding hydrogens is 302 g/mol. The molecule has 1 aromatic heterocycles. The largest absolute Gasteiger partial charge is 0.345 e. The highest BCUT2D eigenvalue weighted by Crippen LogP contribution is 2.26.